The first kappa shape index (κ1) is 18.2. The number of allylic oxidation sites excluding steroid dienone is 5. The Labute approximate surface area is 143 Å². The molecule has 128 valence electrons. The smallest absolute Gasteiger partial charge is 0.282 e. The maximum Gasteiger partial charge on any atom is 0.282 e. The van der Waals surface area contributed by atoms with Crippen LogP contribution in [-0.4, -0.2) is 29.9 Å². The van der Waals surface area contributed by atoms with Gasteiger partial charge in [0, 0.05) is 11.8 Å². The van der Waals surface area contributed by atoms with Crippen molar-refractivity contribution in [3.63, 3.8) is 0 Å². The first-order valence-corrected chi connectivity index (χ1v) is 9.00. The van der Waals surface area contributed by atoms with Crippen molar-refractivity contribution >= 4 is 15.7 Å². The predicted octanol–water partition coefficient (Wildman–Crippen LogP) is 3.62. The van der Waals surface area contributed by atoms with Crippen molar-refractivity contribution < 1.29 is 13.6 Å². The lowest BCUT2D eigenvalue weighted by molar-refractivity contribution is -0.110. The maximum atomic E-state index is 12.5. The third-order valence-corrected chi connectivity index (χ3v) is 4.73. The van der Waals surface area contributed by atoms with E-state index in [0.29, 0.717) is 5.57 Å². The molecule has 0 heterocycles. The number of nitrogens with zero attached hydrogens (tertiary/aromatic N) is 2. The molecule has 1 N–H and O–H groups in total. The Kier molecular flexibility index (Phi) is 5.11. The highest BCUT2D eigenvalue weighted by Gasteiger charge is 2.19. The Hall–Kier alpha value is -2.18. The van der Waals surface area contributed by atoms with Gasteiger partial charge in [-0.25, -0.2) is 0 Å². The monoisotopic (exact) mass is 346 g/mol. The molecule has 0 amide bonds. The minimum atomic E-state index is -3.82. The van der Waals surface area contributed by atoms with Crippen molar-refractivity contribution in [1.82, 2.24) is 5.06 Å². The van der Waals surface area contributed by atoms with Crippen LogP contribution in [0, 0.1) is 6.92 Å². The SMILES string of the molecule is Cc1ccc(S(=O)(=O)/N=C2\C=CC=C\C2=C\N(O)C(C)(C)C)cc1. The van der Waals surface area contributed by atoms with Crippen molar-refractivity contribution in [1.29, 1.82) is 0 Å². The minimum absolute atomic E-state index is 0.138. The average Bonchev–Trinajstić information content (AvgIpc) is 2.48. The van der Waals surface area contributed by atoms with E-state index < -0.39 is 15.6 Å². The molecule has 0 aromatic heterocycles. The van der Waals surface area contributed by atoms with E-state index in [2.05, 4.69) is 4.40 Å². The fourth-order valence-corrected chi connectivity index (χ4v) is 2.91. The third kappa shape index (κ3) is 4.43. The van der Waals surface area contributed by atoms with Crippen molar-refractivity contribution in [3.8, 4) is 0 Å². The molecular weight excluding hydrogens is 324 g/mol. The number of rotatable bonds is 3. The largest absolute Gasteiger partial charge is 0.288 e. The van der Waals surface area contributed by atoms with Gasteiger partial charge < -0.3 is 0 Å². The summed E-state index contributed by atoms with van der Waals surface area (Å²) in [7, 11) is -3.82. The number of hydroxylamine groups is 2. The Morgan fingerprint density at radius 1 is 1.08 bits per heavy atom. The summed E-state index contributed by atoms with van der Waals surface area (Å²) in [6.45, 7) is 7.41. The standard InChI is InChI=1S/C18H22N2O3S/c1-14-9-11-16(12-10-14)24(22,23)19-17-8-6-5-7-15(17)13-20(21)18(2,3)4/h5-13,21H,1-4H3/b15-13-,19-17+. The van der Waals surface area contributed by atoms with Crippen LogP contribution in [0.3, 0.4) is 0 Å². The molecule has 1 aromatic rings. The molecule has 0 unspecified atom stereocenters. The van der Waals surface area contributed by atoms with Gasteiger partial charge in [-0.2, -0.15) is 12.8 Å². The Balaban J connectivity index is 2.42. The Bertz CT molecular complexity index is 824. The predicted molar refractivity (Wildman–Crippen MR) is 95.5 cm³/mol. The molecule has 6 heteroatoms. The van der Waals surface area contributed by atoms with Gasteiger partial charge in [0.05, 0.1) is 16.1 Å². The highest BCUT2D eigenvalue weighted by molar-refractivity contribution is 7.90. The second kappa shape index (κ2) is 6.75. The fourth-order valence-electron chi connectivity index (χ4n) is 1.90. The van der Waals surface area contributed by atoms with Crippen LogP contribution >= 0.6 is 0 Å². The lowest BCUT2D eigenvalue weighted by Gasteiger charge is -2.29. The molecule has 5 nitrogen and oxygen atoms in total. The van der Waals surface area contributed by atoms with Crippen LogP contribution in [0.15, 0.2) is 69.6 Å². The van der Waals surface area contributed by atoms with E-state index in [0.717, 1.165) is 10.6 Å². The molecule has 0 spiro atoms. The summed E-state index contributed by atoms with van der Waals surface area (Å²) in [5.41, 5.74) is 1.26. The van der Waals surface area contributed by atoms with Gasteiger partial charge in [0.1, 0.15) is 0 Å². The molecule has 0 aliphatic heterocycles. The average molecular weight is 346 g/mol. The highest BCUT2D eigenvalue weighted by Crippen LogP contribution is 2.19. The van der Waals surface area contributed by atoms with Crippen molar-refractivity contribution in [3.05, 3.63) is 65.9 Å². The fraction of sp³-hybridized carbons (Fsp3) is 0.278. The summed E-state index contributed by atoms with van der Waals surface area (Å²) in [4.78, 5) is 0.138. The quantitative estimate of drug-likeness (QED) is 0.849. The lowest BCUT2D eigenvalue weighted by Crippen LogP contribution is -2.34. The van der Waals surface area contributed by atoms with Crippen LogP contribution in [-0.2, 0) is 10.0 Å². The molecule has 0 atom stereocenters. The van der Waals surface area contributed by atoms with Crippen LogP contribution in [0.2, 0.25) is 0 Å². The molecule has 0 saturated carbocycles. The summed E-state index contributed by atoms with van der Waals surface area (Å²) in [6, 6.07) is 6.53. The Morgan fingerprint density at radius 2 is 1.67 bits per heavy atom. The van der Waals surface area contributed by atoms with E-state index in [1.807, 2.05) is 27.7 Å². The lowest BCUT2D eigenvalue weighted by atomic mass is 10.1. The second-order valence-electron chi connectivity index (χ2n) is 6.58. The summed E-state index contributed by atoms with van der Waals surface area (Å²) in [5.74, 6) is 0. The molecule has 0 radical (unpaired) electrons. The van der Waals surface area contributed by atoms with Crippen LogP contribution < -0.4 is 0 Å². The van der Waals surface area contributed by atoms with Crippen molar-refractivity contribution in [2.24, 2.45) is 4.40 Å². The zero-order valence-electron chi connectivity index (χ0n) is 14.3. The van der Waals surface area contributed by atoms with Crippen LogP contribution in [0.1, 0.15) is 26.3 Å². The van der Waals surface area contributed by atoms with E-state index >= 15 is 0 Å². The van der Waals surface area contributed by atoms with Gasteiger partial charge in [-0.1, -0.05) is 35.9 Å². The van der Waals surface area contributed by atoms with E-state index in [1.54, 1.807) is 36.4 Å². The molecule has 0 bridgehead atoms. The summed E-state index contributed by atoms with van der Waals surface area (Å²) >= 11 is 0. The number of sulfonamides is 1. The topological polar surface area (TPSA) is 70.0 Å². The van der Waals surface area contributed by atoms with E-state index in [1.165, 1.54) is 18.3 Å². The number of benzene rings is 1. The van der Waals surface area contributed by atoms with Crippen molar-refractivity contribution in [2.75, 3.05) is 0 Å². The van der Waals surface area contributed by atoms with Crippen LogP contribution in [0.5, 0.6) is 0 Å². The van der Waals surface area contributed by atoms with Crippen LogP contribution in [0.25, 0.3) is 0 Å². The van der Waals surface area contributed by atoms with Gasteiger partial charge in [0.15, 0.2) is 0 Å². The van der Waals surface area contributed by atoms with Gasteiger partial charge in [-0.05, 0) is 45.9 Å². The van der Waals surface area contributed by atoms with Crippen molar-refractivity contribution in [2.45, 2.75) is 38.1 Å². The van der Waals surface area contributed by atoms with Crippen LogP contribution in [0.4, 0.5) is 0 Å². The molecule has 1 aliphatic rings. The zero-order chi connectivity index (χ0) is 18.0. The maximum absolute atomic E-state index is 12.5. The molecule has 1 aliphatic carbocycles. The van der Waals surface area contributed by atoms with Gasteiger partial charge in [0.25, 0.3) is 10.0 Å². The summed E-state index contributed by atoms with van der Waals surface area (Å²) < 4.78 is 28.9. The summed E-state index contributed by atoms with van der Waals surface area (Å²) in [6.07, 6.45) is 8.26. The van der Waals surface area contributed by atoms with E-state index in [9.17, 15) is 13.6 Å². The first-order chi connectivity index (χ1) is 11.1. The number of hydrogen-bond acceptors (Lipinski definition) is 4. The molecule has 2 rings (SSSR count). The van der Waals surface area contributed by atoms with Gasteiger partial charge >= 0.3 is 0 Å². The highest BCUT2D eigenvalue weighted by atomic mass is 32.2. The molecule has 24 heavy (non-hydrogen) atoms. The molecule has 1 aromatic carbocycles. The Morgan fingerprint density at radius 3 is 2.25 bits per heavy atom. The second-order valence-corrected chi connectivity index (χ2v) is 8.19. The van der Waals surface area contributed by atoms with Gasteiger partial charge in [-0.3, -0.25) is 10.3 Å². The van der Waals surface area contributed by atoms with Gasteiger partial charge in [-0.15, -0.1) is 0 Å². The van der Waals surface area contributed by atoms with E-state index in [4.69, 9.17) is 0 Å². The first-order valence-electron chi connectivity index (χ1n) is 7.56. The van der Waals surface area contributed by atoms with Gasteiger partial charge in [0.2, 0.25) is 0 Å². The zero-order valence-corrected chi connectivity index (χ0v) is 15.1. The summed E-state index contributed by atoms with van der Waals surface area (Å²) in [5, 5.41) is 11.1. The number of hydrogen-bond donors (Lipinski definition) is 1. The third-order valence-electron chi connectivity index (χ3n) is 3.42. The van der Waals surface area contributed by atoms with E-state index in [-0.39, 0.29) is 10.6 Å². The molecule has 0 fully saturated rings. The minimum Gasteiger partial charge on any atom is -0.288 e. The number of aryl methyl sites for hydroxylation is 1. The molecule has 0 saturated heterocycles. The molecular formula is C18H22N2O3S. The normalized spacial score (nSPS) is 18.4.